The van der Waals surface area contributed by atoms with Crippen molar-refractivity contribution in [3.05, 3.63) is 30.1 Å². The Morgan fingerprint density at radius 1 is 1.40 bits per heavy atom. The van der Waals surface area contributed by atoms with Crippen LogP contribution in [0.4, 0.5) is 10.3 Å². The first kappa shape index (κ1) is 17.1. The Morgan fingerprint density at radius 3 is 2.96 bits per heavy atom. The molecule has 1 aromatic carbocycles. The molecular weight excluding hydrogens is 325 g/mol. The predicted molar refractivity (Wildman–Crippen MR) is 90.0 cm³/mol. The third-order valence-corrected chi connectivity index (χ3v) is 4.30. The van der Waals surface area contributed by atoms with Crippen LogP contribution in [0.25, 0.3) is 11.4 Å². The molecule has 8 heteroatoms. The molecule has 1 fully saturated rings. The van der Waals surface area contributed by atoms with Crippen molar-refractivity contribution in [2.45, 2.75) is 26.2 Å². The molecule has 3 rings (SSSR count). The van der Waals surface area contributed by atoms with Crippen molar-refractivity contribution in [1.29, 1.82) is 0 Å². The van der Waals surface area contributed by atoms with Crippen LogP contribution in [0, 0.1) is 11.7 Å². The number of piperidine rings is 1. The normalized spacial score (nSPS) is 17.4. The number of carbonyl (C=O) groups is 2. The summed E-state index contributed by atoms with van der Waals surface area (Å²) in [5.74, 6) is -0.538. The summed E-state index contributed by atoms with van der Waals surface area (Å²) >= 11 is 0. The highest BCUT2D eigenvalue weighted by atomic mass is 19.1. The lowest BCUT2D eigenvalue weighted by molar-refractivity contribution is -0.134. The largest absolute Gasteiger partial charge is 0.342 e. The van der Waals surface area contributed by atoms with Crippen LogP contribution >= 0.6 is 0 Å². The van der Waals surface area contributed by atoms with E-state index < -0.39 is 5.82 Å². The summed E-state index contributed by atoms with van der Waals surface area (Å²) in [5, 5.41) is 9.20. The van der Waals surface area contributed by atoms with E-state index in [1.54, 1.807) is 23.1 Å². The minimum Gasteiger partial charge on any atom is -0.342 e. The summed E-state index contributed by atoms with van der Waals surface area (Å²) < 4.78 is 13.8. The van der Waals surface area contributed by atoms with Crippen LogP contribution < -0.4 is 5.32 Å². The molecule has 2 N–H and O–H groups in total. The van der Waals surface area contributed by atoms with Gasteiger partial charge in [0.2, 0.25) is 17.8 Å². The van der Waals surface area contributed by atoms with Crippen molar-refractivity contribution in [2.75, 3.05) is 18.4 Å². The van der Waals surface area contributed by atoms with Gasteiger partial charge in [0.15, 0.2) is 5.82 Å². The van der Waals surface area contributed by atoms with E-state index in [2.05, 4.69) is 20.5 Å². The topological polar surface area (TPSA) is 91.0 Å². The number of hydrogen-bond acceptors (Lipinski definition) is 4. The van der Waals surface area contributed by atoms with Gasteiger partial charge in [0, 0.05) is 19.5 Å². The number of aromatic nitrogens is 3. The van der Waals surface area contributed by atoms with Gasteiger partial charge in [0.25, 0.3) is 0 Å². The summed E-state index contributed by atoms with van der Waals surface area (Å²) in [7, 11) is 0. The zero-order valence-corrected chi connectivity index (χ0v) is 14.0. The SMILES string of the molecule is CCC(=O)N1CCC[C@@H](C(=O)Nc2n[nH]c(-c3ccccc3F)n2)C1. The fourth-order valence-electron chi connectivity index (χ4n) is 2.94. The highest BCUT2D eigenvalue weighted by Crippen LogP contribution is 2.21. The molecule has 2 aromatic rings. The van der Waals surface area contributed by atoms with Crippen LogP contribution in [0.15, 0.2) is 24.3 Å². The van der Waals surface area contributed by atoms with Crippen molar-refractivity contribution in [1.82, 2.24) is 20.1 Å². The number of likely N-dealkylation sites (tertiary alicyclic amines) is 1. The van der Waals surface area contributed by atoms with Gasteiger partial charge in [-0.25, -0.2) is 4.39 Å². The first-order valence-electron chi connectivity index (χ1n) is 8.34. The molecule has 0 aliphatic carbocycles. The van der Waals surface area contributed by atoms with Gasteiger partial charge in [0.05, 0.1) is 11.5 Å². The first-order valence-corrected chi connectivity index (χ1v) is 8.34. The van der Waals surface area contributed by atoms with E-state index in [4.69, 9.17) is 0 Å². The Hall–Kier alpha value is -2.77. The van der Waals surface area contributed by atoms with Crippen LogP contribution in [0.1, 0.15) is 26.2 Å². The monoisotopic (exact) mass is 345 g/mol. The predicted octanol–water partition coefficient (Wildman–Crippen LogP) is 2.20. The molecule has 1 saturated heterocycles. The summed E-state index contributed by atoms with van der Waals surface area (Å²) in [6, 6.07) is 6.19. The minimum atomic E-state index is -0.419. The highest BCUT2D eigenvalue weighted by Gasteiger charge is 2.28. The average Bonchev–Trinajstić information content (AvgIpc) is 3.09. The number of nitrogens with one attached hydrogen (secondary N) is 2. The molecule has 7 nitrogen and oxygen atoms in total. The average molecular weight is 345 g/mol. The number of nitrogens with zero attached hydrogens (tertiary/aromatic N) is 3. The standard InChI is InChI=1S/C17H20FN5O2/c1-2-14(24)23-9-5-6-11(10-23)16(25)20-17-19-15(21-22-17)12-7-3-4-8-13(12)18/h3-4,7-8,11H,2,5-6,9-10H2,1H3,(H2,19,20,21,22,25)/t11-/m1/s1. The minimum absolute atomic E-state index is 0.0530. The molecule has 0 spiro atoms. The second-order valence-electron chi connectivity index (χ2n) is 6.01. The van der Waals surface area contributed by atoms with E-state index >= 15 is 0 Å². The maximum atomic E-state index is 13.8. The third kappa shape index (κ3) is 3.84. The number of carbonyl (C=O) groups excluding carboxylic acids is 2. The van der Waals surface area contributed by atoms with Crippen LogP contribution in [-0.2, 0) is 9.59 Å². The van der Waals surface area contributed by atoms with Crippen LogP contribution in [0.3, 0.4) is 0 Å². The molecule has 25 heavy (non-hydrogen) atoms. The Bertz CT molecular complexity index is 776. The van der Waals surface area contributed by atoms with Gasteiger partial charge in [-0.3, -0.25) is 20.0 Å². The molecule has 1 aromatic heterocycles. The maximum Gasteiger partial charge on any atom is 0.249 e. The number of anilines is 1. The van der Waals surface area contributed by atoms with E-state index in [-0.39, 0.29) is 35.1 Å². The third-order valence-electron chi connectivity index (χ3n) is 4.30. The lowest BCUT2D eigenvalue weighted by atomic mass is 9.97. The molecule has 1 aliphatic rings. The molecule has 0 radical (unpaired) electrons. The fourth-order valence-corrected chi connectivity index (χ4v) is 2.94. The summed E-state index contributed by atoms with van der Waals surface area (Å²) in [4.78, 5) is 30.1. The van der Waals surface area contributed by atoms with Crippen molar-refractivity contribution >= 4 is 17.8 Å². The van der Waals surface area contributed by atoms with Gasteiger partial charge >= 0.3 is 0 Å². The molecule has 0 unspecified atom stereocenters. The quantitative estimate of drug-likeness (QED) is 0.889. The molecular formula is C17H20FN5O2. The molecule has 132 valence electrons. The number of benzene rings is 1. The molecule has 0 saturated carbocycles. The molecule has 2 heterocycles. The lowest BCUT2D eigenvalue weighted by Crippen LogP contribution is -2.43. The van der Waals surface area contributed by atoms with Crippen LogP contribution in [0.5, 0.6) is 0 Å². The first-order chi connectivity index (χ1) is 12.1. The van der Waals surface area contributed by atoms with Crippen molar-refractivity contribution in [3.63, 3.8) is 0 Å². The van der Waals surface area contributed by atoms with E-state index in [0.717, 1.165) is 6.42 Å². The van der Waals surface area contributed by atoms with Crippen LogP contribution in [0.2, 0.25) is 0 Å². The van der Waals surface area contributed by atoms with Gasteiger partial charge < -0.3 is 4.90 Å². The fraction of sp³-hybridized carbons (Fsp3) is 0.412. The molecule has 1 aliphatic heterocycles. The number of hydrogen-bond donors (Lipinski definition) is 2. The van der Waals surface area contributed by atoms with Crippen molar-refractivity contribution in [3.8, 4) is 11.4 Å². The van der Waals surface area contributed by atoms with Gasteiger partial charge in [-0.15, -0.1) is 5.10 Å². The van der Waals surface area contributed by atoms with E-state index in [1.165, 1.54) is 6.07 Å². The zero-order chi connectivity index (χ0) is 17.8. The Kier molecular flexibility index (Phi) is 5.06. The zero-order valence-electron chi connectivity index (χ0n) is 14.0. The van der Waals surface area contributed by atoms with E-state index in [1.807, 2.05) is 6.92 Å². The highest BCUT2D eigenvalue weighted by molar-refractivity contribution is 5.91. The van der Waals surface area contributed by atoms with Crippen LogP contribution in [-0.4, -0.2) is 45.0 Å². The number of halogens is 1. The Labute approximate surface area is 144 Å². The van der Waals surface area contributed by atoms with Gasteiger partial charge in [-0.05, 0) is 25.0 Å². The number of amides is 2. The van der Waals surface area contributed by atoms with Gasteiger partial charge in [-0.2, -0.15) is 4.98 Å². The summed E-state index contributed by atoms with van der Waals surface area (Å²) in [6.45, 7) is 2.90. The van der Waals surface area contributed by atoms with E-state index in [9.17, 15) is 14.0 Å². The number of H-pyrrole nitrogens is 1. The molecule has 0 bridgehead atoms. The molecule has 2 amide bonds. The maximum absolute atomic E-state index is 13.8. The molecule has 1 atom stereocenters. The van der Waals surface area contributed by atoms with Gasteiger partial charge in [-0.1, -0.05) is 19.1 Å². The smallest absolute Gasteiger partial charge is 0.249 e. The lowest BCUT2D eigenvalue weighted by Gasteiger charge is -2.31. The summed E-state index contributed by atoms with van der Waals surface area (Å²) in [6.07, 6.45) is 1.93. The number of rotatable bonds is 4. The van der Waals surface area contributed by atoms with Crippen molar-refractivity contribution < 1.29 is 14.0 Å². The van der Waals surface area contributed by atoms with Crippen molar-refractivity contribution in [2.24, 2.45) is 5.92 Å². The Balaban J connectivity index is 1.66. The number of aromatic amines is 1. The Morgan fingerprint density at radius 2 is 2.20 bits per heavy atom. The second-order valence-corrected chi connectivity index (χ2v) is 6.01. The second kappa shape index (κ2) is 7.42. The van der Waals surface area contributed by atoms with Gasteiger partial charge in [0.1, 0.15) is 5.82 Å². The van der Waals surface area contributed by atoms with E-state index in [0.29, 0.717) is 25.9 Å². The summed E-state index contributed by atoms with van der Waals surface area (Å²) in [5.41, 5.74) is 0.285.